The number of hydrogen-bond donors (Lipinski definition) is 2. The Morgan fingerprint density at radius 2 is 1.95 bits per heavy atom. The fourth-order valence-corrected chi connectivity index (χ4v) is 3.16. The van der Waals surface area contributed by atoms with Crippen LogP contribution in [0.4, 0.5) is 5.69 Å². The van der Waals surface area contributed by atoms with Gasteiger partial charge in [-0.1, -0.05) is 6.07 Å². The zero-order valence-corrected chi connectivity index (χ0v) is 12.6. The molecule has 0 aromatic heterocycles. The number of anilines is 1. The Balaban J connectivity index is 2.05. The Labute approximate surface area is 122 Å². The van der Waals surface area contributed by atoms with Crippen LogP contribution in [0.25, 0.3) is 0 Å². The summed E-state index contributed by atoms with van der Waals surface area (Å²) in [6, 6.07) is 6.01. The van der Waals surface area contributed by atoms with Gasteiger partial charge in [-0.3, -0.25) is 4.90 Å². The number of nitrogens with zero attached hydrogens (tertiary/aromatic N) is 2. The highest BCUT2D eigenvalue weighted by Crippen LogP contribution is 2.28. The molecule has 1 saturated heterocycles. The third-order valence-corrected chi connectivity index (χ3v) is 4.18. The first kappa shape index (κ1) is 14.8. The van der Waals surface area contributed by atoms with E-state index in [0.717, 1.165) is 49.2 Å². The highest BCUT2D eigenvalue weighted by Gasteiger charge is 2.16. The molecule has 0 unspecified atom stereocenters. The van der Waals surface area contributed by atoms with Gasteiger partial charge in [-0.05, 0) is 46.6 Å². The average Bonchev–Trinajstić information content (AvgIpc) is 2.65. The summed E-state index contributed by atoms with van der Waals surface area (Å²) in [6.07, 6.45) is 1.11. The molecule has 0 atom stereocenters. The molecule has 2 rings (SSSR count). The van der Waals surface area contributed by atoms with Crippen LogP contribution in [0.5, 0.6) is 0 Å². The number of benzene rings is 1. The zero-order chi connectivity index (χ0) is 13.7. The van der Waals surface area contributed by atoms with E-state index < -0.39 is 0 Å². The molecule has 4 nitrogen and oxygen atoms in total. The Bertz CT molecular complexity index is 414. The van der Waals surface area contributed by atoms with E-state index in [0.29, 0.717) is 0 Å². The molecule has 2 N–H and O–H groups in total. The molecule has 5 heteroatoms. The molecule has 0 aliphatic carbocycles. The van der Waals surface area contributed by atoms with Gasteiger partial charge >= 0.3 is 0 Å². The molecular weight excluding hydrogens is 308 g/mol. The van der Waals surface area contributed by atoms with Gasteiger partial charge in [0.05, 0.1) is 18.9 Å². The molecule has 0 spiro atoms. The number of aliphatic hydroxyl groups excluding tert-OH is 2. The third kappa shape index (κ3) is 3.92. The van der Waals surface area contributed by atoms with Crippen LogP contribution in [0.1, 0.15) is 12.0 Å². The van der Waals surface area contributed by atoms with E-state index in [1.807, 2.05) is 12.1 Å². The van der Waals surface area contributed by atoms with Gasteiger partial charge in [0.25, 0.3) is 0 Å². The summed E-state index contributed by atoms with van der Waals surface area (Å²) in [5.74, 6) is 0. The second kappa shape index (κ2) is 7.24. The van der Waals surface area contributed by atoms with Crippen molar-refractivity contribution in [2.45, 2.75) is 13.0 Å². The van der Waals surface area contributed by atoms with Gasteiger partial charge in [0.15, 0.2) is 0 Å². The predicted molar refractivity (Wildman–Crippen MR) is 80.4 cm³/mol. The smallest absolute Gasteiger partial charge is 0.0682 e. The quantitative estimate of drug-likeness (QED) is 0.878. The van der Waals surface area contributed by atoms with Crippen molar-refractivity contribution >= 4 is 21.6 Å². The van der Waals surface area contributed by atoms with Crippen molar-refractivity contribution < 1.29 is 10.2 Å². The molecule has 0 radical (unpaired) electrons. The first-order valence-electron chi connectivity index (χ1n) is 6.72. The van der Waals surface area contributed by atoms with Gasteiger partial charge < -0.3 is 15.1 Å². The predicted octanol–water partition coefficient (Wildman–Crippen LogP) is 1.45. The first-order valence-corrected chi connectivity index (χ1v) is 7.51. The largest absolute Gasteiger partial charge is 0.395 e. The van der Waals surface area contributed by atoms with E-state index in [4.69, 9.17) is 10.2 Å². The minimum Gasteiger partial charge on any atom is -0.395 e. The van der Waals surface area contributed by atoms with Crippen LogP contribution >= 0.6 is 15.9 Å². The van der Waals surface area contributed by atoms with Crippen LogP contribution in [-0.2, 0) is 6.61 Å². The fraction of sp³-hybridized carbons (Fsp3) is 0.571. The molecule has 1 aliphatic rings. The maximum Gasteiger partial charge on any atom is 0.0682 e. The van der Waals surface area contributed by atoms with E-state index in [2.05, 4.69) is 31.8 Å². The topological polar surface area (TPSA) is 46.9 Å². The van der Waals surface area contributed by atoms with Crippen molar-refractivity contribution in [2.24, 2.45) is 0 Å². The maximum absolute atomic E-state index is 9.14. The summed E-state index contributed by atoms with van der Waals surface area (Å²) >= 11 is 3.59. The van der Waals surface area contributed by atoms with E-state index >= 15 is 0 Å². The van der Waals surface area contributed by atoms with Crippen molar-refractivity contribution in [2.75, 3.05) is 44.2 Å². The lowest BCUT2D eigenvalue weighted by Crippen LogP contribution is -2.32. The summed E-state index contributed by atoms with van der Waals surface area (Å²) in [7, 11) is 0. The SMILES string of the molecule is OCCN1CCCN(c2ccc(CO)cc2Br)CC1. The second-order valence-electron chi connectivity index (χ2n) is 4.85. The van der Waals surface area contributed by atoms with Crippen molar-refractivity contribution in [3.8, 4) is 0 Å². The van der Waals surface area contributed by atoms with Crippen LogP contribution < -0.4 is 4.90 Å². The summed E-state index contributed by atoms with van der Waals surface area (Å²) in [6.45, 7) is 5.09. The van der Waals surface area contributed by atoms with E-state index in [1.165, 1.54) is 5.69 Å². The van der Waals surface area contributed by atoms with Gasteiger partial charge in [0.1, 0.15) is 0 Å². The van der Waals surface area contributed by atoms with Gasteiger partial charge in [-0.25, -0.2) is 0 Å². The Kier molecular flexibility index (Phi) is 5.63. The van der Waals surface area contributed by atoms with E-state index in [-0.39, 0.29) is 13.2 Å². The summed E-state index contributed by atoms with van der Waals surface area (Å²) in [4.78, 5) is 4.67. The third-order valence-electron chi connectivity index (χ3n) is 3.54. The van der Waals surface area contributed by atoms with Crippen molar-refractivity contribution in [1.82, 2.24) is 4.90 Å². The molecule has 1 aromatic carbocycles. The van der Waals surface area contributed by atoms with Gasteiger partial charge in [-0.15, -0.1) is 0 Å². The monoisotopic (exact) mass is 328 g/mol. The highest BCUT2D eigenvalue weighted by molar-refractivity contribution is 9.10. The molecule has 106 valence electrons. The number of halogens is 1. The fourth-order valence-electron chi connectivity index (χ4n) is 2.48. The summed E-state index contributed by atoms with van der Waals surface area (Å²) < 4.78 is 1.04. The minimum absolute atomic E-state index is 0.0726. The lowest BCUT2D eigenvalue weighted by atomic mass is 10.2. The lowest BCUT2D eigenvalue weighted by molar-refractivity contribution is 0.204. The van der Waals surface area contributed by atoms with Gasteiger partial charge in [-0.2, -0.15) is 0 Å². The normalized spacial score (nSPS) is 17.5. The van der Waals surface area contributed by atoms with Crippen LogP contribution in [0.15, 0.2) is 22.7 Å². The molecule has 1 fully saturated rings. The molecule has 1 aliphatic heterocycles. The van der Waals surface area contributed by atoms with Gasteiger partial charge in [0, 0.05) is 30.7 Å². The molecule has 0 bridgehead atoms. The number of hydrogen-bond acceptors (Lipinski definition) is 4. The van der Waals surface area contributed by atoms with Crippen molar-refractivity contribution in [3.63, 3.8) is 0 Å². The Morgan fingerprint density at radius 1 is 1.11 bits per heavy atom. The average molecular weight is 329 g/mol. The van der Waals surface area contributed by atoms with Crippen LogP contribution in [0.3, 0.4) is 0 Å². The summed E-state index contributed by atoms with van der Waals surface area (Å²) in [5.41, 5.74) is 2.11. The Morgan fingerprint density at radius 3 is 2.63 bits per heavy atom. The van der Waals surface area contributed by atoms with Crippen molar-refractivity contribution in [1.29, 1.82) is 0 Å². The molecule has 19 heavy (non-hydrogen) atoms. The van der Waals surface area contributed by atoms with E-state index in [1.54, 1.807) is 0 Å². The molecule has 1 aromatic rings. The second-order valence-corrected chi connectivity index (χ2v) is 5.70. The van der Waals surface area contributed by atoms with Gasteiger partial charge in [0.2, 0.25) is 0 Å². The lowest BCUT2D eigenvalue weighted by Gasteiger charge is -2.24. The van der Waals surface area contributed by atoms with Crippen LogP contribution in [0.2, 0.25) is 0 Å². The molecule has 0 amide bonds. The van der Waals surface area contributed by atoms with E-state index in [9.17, 15) is 0 Å². The zero-order valence-electron chi connectivity index (χ0n) is 11.1. The minimum atomic E-state index is 0.0726. The van der Waals surface area contributed by atoms with Crippen molar-refractivity contribution in [3.05, 3.63) is 28.2 Å². The molecule has 0 saturated carbocycles. The van der Waals surface area contributed by atoms with Crippen LogP contribution in [0, 0.1) is 0 Å². The number of aliphatic hydroxyl groups is 2. The summed E-state index contributed by atoms with van der Waals surface area (Å²) in [5, 5.41) is 18.1. The van der Waals surface area contributed by atoms with Crippen LogP contribution in [-0.4, -0.2) is 54.4 Å². The molecular formula is C14H21BrN2O2. The number of β-amino-alcohol motifs (C(OH)–C–C–N with tert-alkyl or cyclic N) is 1. The molecule has 1 heterocycles. The Hall–Kier alpha value is -0.620. The number of rotatable bonds is 4. The first-order chi connectivity index (χ1) is 9.24. The highest BCUT2D eigenvalue weighted by atomic mass is 79.9. The standard InChI is InChI=1S/C14H21BrN2O2/c15-13-10-12(11-19)2-3-14(13)17-5-1-4-16(6-7-17)8-9-18/h2-3,10,18-19H,1,4-9,11H2. The maximum atomic E-state index is 9.14.